The van der Waals surface area contributed by atoms with Crippen molar-refractivity contribution in [1.82, 2.24) is 4.90 Å². The Kier molecular flexibility index (Phi) is 2.00. The van der Waals surface area contributed by atoms with Gasteiger partial charge in [0.25, 0.3) is 0 Å². The summed E-state index contributed by atoms with van der Waals surface area (Å²) >= 11 is 0. The molecular formula is C13H14N2. The molecule has 3 rings (SSSR count). The highest BCUT2D eigenvalue weighted by Crippen LogP contribution is 2.34. The molecule has 1 heterocycles. The highest BCUT2D eigenvalue weighted by Gasteiger charge is 2.32. The average molecular weight is 198 g/mol. The molecule has 2 aliphatic rings. The molecule has 1 aliphatic carbocycles. The van der Waals surface area contributed by atoms with Crippen LogP contribution in [-0.4, -0.2) is 10.9 Å². The third-order valence-electron chi connectivity index (χ3n) is 3.36. The second-order valence-electron chi connectivity index (χ2n) is 4.57. The molecule has 0 spiro atoms. The minimum Gasteiger partial charge on any atom is -0.292 e. The van der Waals surface area contributed by atoms with E-state index < -0.39 is 0 Å². The predicted octanol–water partition coefficient (Wildman–Crippen LogP) is 2.23. The number of nitrogens with zero attached hydrogens (tertiary/aromatic N) is 2. The summed E-state index contributed by atoms with van der Waals surface area (Å²) in [7, 11) is 0. The van der Waals surface area contributed by atoms with Crippen molar-refractivity contribution in [3.63, 3.8) is 0 Å². The summed E-state index contributed by atoms with van der Waals surface area (Å²) < 4.78 is 0. The minimum atomic E-state index is 0.538. The van der Waals surface area contributed by atoms with Gasteiger partial charge in [-0.15, -0.1) is 0 Å². The van der Waals surface area contributed by atoms with E-state index in [2.05, 4.69) is 29.2 Å². The number of hydrogen-bond acceptors (Lipinski definition) is 2. The van der Waals surface area contributed by atoms with Crippen molar-refractivity contribution in [3.05, 3.63) is 34.9 Å². The van der Waals surface area contributed by atoms with Crippen LogP contribution in [0, 0.1) is 11.3 Å². The largest absolute Gasteiger partial charge is 0.292 e. The maximum absolute atomic E-state index is 8.66. The lowest BCUT2D eigenvalue weighted by Gasteiger charge is -2.11. The van der Waals surface area contributed by atoms with Crippen molar-refractivity contribution in [2.75, 3.05) is 0 Å². The fourth-order valence-corrected chi connectivity index (χ4v) is 2.37. The topological polar surface area (TPSA) is 27.0 Å². The summed E-state index contributed by atoms with van der Waals surface area (Å²) in [5.41, 5.74) is 4.06. The molecule has 1 fully saturated rings. The van der Waals surface area contributed by atoms with Crippen molar-refractivity contribution < 1.29 is 0 Å². The maximum Gasteiger partial charge on any atom is 0.0669 e. The Labute approximate surface area is 90.1 Å². The second kappa shape index (κ2) is 3.36. The van der Waals surface area contributed by atoms with Crippen LogP contribution in [0.15, 0.2) is 18.2 Å². The van der Waals surface area contributed by atoms with Crippen LogP contribution in [0.1, 0.15) is 29.5 Å². The first-order valence-corrected chi connectivity index (χ1v) is 5.58. The van der Waals surface area contributed by atoms with E-state index in [1.54, 1.807) is 0 Å². The van der Waals surface area contributed by atoms with E-state index in [9.17, 15) is 0 Å². The zero-order valence-electron chi connectivity index (χ0n) is 8.74. The molecule has 0 radical (unpaired) electrons. The minimum absolute atomic E-state index is 0.538. The Balaban J connectivity index is 1.83. The average Bonchev–Trinajstić information content (AvgIpc) is 2.99. The van der Waals surface area contributed by atoms with Gasteiger partial charge in [0.15, 0.2) is 0 Å². The van der Waals surface area contributed by atoms with Gasteiger partial charge in [0.1, 0.15) is 0 Å². The molecule has 0 atom stereocenters. The zero-order valence-corrected chi connectivity index (χ0v) is 8.74. The van der Waals surface area contributed by atoms with Gasteiger partial charge in [-0.1, -0.05) is 18.2 Å². The van der Waals surface area contributed by atoms with E-state index in [0.29, 0.717) is 6.42 Å². The van der Waals surface area contributed by atoms with Crippen LogP contribution in [0.5, 0.6) is 0 Å². The molecule has 0 unspecified atom stereocenters. The monoisotopic (exact) mass is 198 g/mol. The van der Waals surface area contributed by atoms with Gasteiger partial charge >= 0.3 is 0 Å². The second-order valence-corrected chi connectivity index (χ2v) is 4.57. The van der Waals surface area contributed by atoms with E-state index >= 15 is 0 Å². The van der Waals surface area contributed by atoms with E-state index in [0.717, 1.165) is 24.7 Å². The van der Waals surface area contributed by atoms with E-state index in [4.69, 9.17) is 5.26 Å². The molecule has 2 heteroatoms. The fraction of sp³-hybridized carbons (Fsp3) is 0.462. The van der Waals surface area contributed by atoms with Crippen LogP contribution in [-0.2, 0) is 19.5 Å². The molecule has 1 aliphatic heterocycles. The van der Waals surface area contributed by atoms with Crippen LogP contribution in [0.4, 0.5) is 0 Å². The van der Waals surface area contributed by atoms with Crippen molar-refractivity contribution >= 4 is 0 Å². The number of hydrogen-bond donors (Lipinski definition) is 0. The third kappa shape index (κ3) is 1.64. The lowest BCUT2D eigenvalue weighted by molar-refractivity contribution is 0.273. The molecular weight excluding hydrogens is 184 g/mol. The van der Waals surface area contributed by atoms with Gasteiger partial charge < -0.3 is 0 Å². The van der Waals surface area contributed by atoms with Crippen LogP contribution < -0.4 is 0 Å². The molecule has 1 saturated carbocycles. The molecule has 1 aromatic rings. The summed E-state index contributed by atoms with van der Waals surface area (Å²) in [5, 5.41) is 8.66. The molecule has 0 saturated heterocycles. The predicted molar refractivity (Wildman–Crippen MR) is 58.0 cm³/mol. The van der Waals surface area contributed by atoms with Crippen LogP contribution in [0.25, 0.3) is 0 Å². The quantitative estimate of drug-likeness (QED) is 0.728. The number of nitriles is 1. The molecule has 1 aromatic carbocycles. The molecule has 0 bridgehead atoms. The smallest absolute Gasteiger partial charge is 0.0669 e. The lowest BCUT2D eigenvalue weighted by Crippen LogP contribution is -2.18. The third-order valence-corrected chi connectivity index (χ3v) is 3.36. The summed E-state index contributed by atoms with van der Waals surface area (Å²) in [6.45, 7) is 2.21. The van der Waals surface area contributed by atoms with Crippen LogP contribution in [0.2, 0.25) is 0 Å². The van der Waals surface area contributed by atoms with Crippen molar-refractivity contribution in [3.8, 4) is 6.07 Å². The van der Waals surface area contributed by atoms with E-state index in [-0.39, 0.29) is 0 Å². The molecule has 15 heavy (non-hydrogen) atoms. The number of fused-ring (bicyclic) bond motifs is 1. The summed E-state index contributed by atoms with van der Waals surface area (Å²) in [5.74, 6) is 0. The van der Waals surface area contributed by atoms with Crippen LogP contribution >= 0.6 is 0 Å². The molecule has 0 amide bonds. The van der Waals surface area contributed by atoms with Crippen molar-refractivity contribution in [2.24, 2.45) is 0 Å². The standard InChI is InChI=1S/C13H14N2/c14-6-5-10-1-2-11-8-15(13-3-4-13)9-12(11)7-10/h1-2,7,13H,3-5,8-9H2. The molecule has 2 nitrogen and oxygen atoms in total. The lowest BCUT2D eigenvalue weighted by atomic mass is 10.1. The van der Waals surface area contributed by atoms with Crippen molar-refractivity contribution in [1.29, 1.82) is 5.26 Å². The Morgan fingerprint density at radius 3 is 2.80 bits per heavy atom. The first-order chi connectivity index (χ1) is 7.36. The molecule has 76 valence electrons. The van der Waals surface area contributed by atoms with Gasteiger partial charge in [-0.3, -0.25) is 4.90 Å². The zero-order chi connectivity index (χ0) is 10.3. The maximum atomic E-state index is 8.66. The molecule has 0 N–H and O–H groups in total. The SMILES string of the molecule is N#CCc1ccc2c(c1)CN(C1CC1)C2. The normalized spacial score (nSPS) is 19.9. The Morgan fingerprint density at radius 1 is 1.27 bits per heavy atom. The van der Waals surface area contributed by atoms with Crippen molar-refractivity contribution in [2.45, 2.75) is 38.4 Å². The molecule has 0 aromatic heterocycles. The first kappa shape index (κ1) is 8.94. The van der Waals surface area contributed by atoms with Crippen LogP contribution in [0.3, 0.4) is 0 Å². The highest BCUT2D eigenvalue weighted by atomic mass is 15.2. The highest BCUT2D eigenvalue weighted by molar-refractivity contribution is 5.36. The van der Waals surface area contributed by atoms with Gasteiger partial charge in [0.05, 0.1) is 12.5 Å². The van der Waals surface area contributed by atoms with Gasteiger partial charge in [0.2, 0.25) is 0 Å². The fourth-order valence-electron chi connectivity index (χ4n) is 2.37. The Morgan fingerprint density at radius 2 is 2.07 bits per heavy atom. The first-order valence-electron chi connectivity index (χ1n) is 5.58. The van der Waals surface area contributed by atoms with E-state index in [1.165, 1.54) is 24.0 Å². The number of benzene rings is 1. The summed E-state index contributed by atoms with van der Waals surface area (Å²) in [6, 6.07) is 9.56. The van der Waals surface area contributed by atoms with Gasteiger partial charge in [-0.05, 0) is 29.5 Å². The Hall–Kier alpha value is -1.33. The van der Waals surface area contributed by atoms with Gasteiger partial charge in [-0.2, -0.15) is 5.26 Å². The summed E-state index contributed by atoms with van der Waals surface area (Å²) in [4.78, 5) is 2.56. The van der Waals surface area contributed by atoms with Gasteiger partial charge in [0, 0.05) is 19.1 Å². The number of rotatable bonds is 2. The van der Waals surface area contributed by atoms with Gasteiger partial charge in [-0.25, -0.2) is 0 Å². The summed E-state index contributed by atoms with van der Waals surface area (Å²) in [6.07, 6.45) is 3.29. The Bertz CT molecular complexity index is 427. The van der Waals surface area contributed by atoms with E-state index in [1.807, 2.05) is 0 Å².